The number of H-pyrrole nitrogens is 1. The zero-order chi connectivity index (χ0) is 21.1. The second-order valence-corrected chi connectivity index (χ2v) is 7.20. The summed E-state index contributed by atoms with van der Waals surface area (Å²) in [6, 6.07) is 8.91. The van der Waals surface area contributed by atoms with Crippen LogP contribution in [0.5, 0.6) is 17.2 Å². The molecule has 0 radical (unpaired) electrons. The molecule has 7 heteroatoms. The minimum atomic E-state index is -0.412. The van der Waals surface area contributed by atoms with E-state index in [4.69, 9.17) is 14.2 Å². The van der Waals surface area contributed by atoms with Gasteiger partial charge in [-0.15, -0.1) is 0 Å². The van der Waals surface area contributed by atoms with Gasteiger partial charge in [0.05, 0.1) is 12.8 Å². The third kappa shape index (κ3) is 4.07. The SMILES string of the molecule is CCCOCCOc1cc2nncc(Oc3ccc4[nH]c(C)cc4c3F)c2cc1C. The lowest BCUT2D eigenvalue weighted by atomic mass is 10.1. The van der Waals surface area contributed by atoms with Crippen LogP contribution in [0.3, 0.4) is 0 Å². The topological polar surface area (TPSA) is 69.3 Å². The van der Waals surface area contributed by atoms with Crippen molar-refractivity contribution in [1.82, 2.24) is 15.2 Å². The first kappa shape index (κ1) is 20.1. The number of aryl methyl sites for hydroxylation is 2. The smallest absolute Gasteiger partial charge is 0.175 e. The van der Waals surface area contributed by atoms with Crippen molar-refractivity contribution in [2.24, 2.45) is 0 Å². The number of aromatic amines is 1. The third-order valence-corrected chi connectivity index (χ3v) is 4.79. The summed E-state index contributed by atoms with van der Waals surface area (Å²) < 4.78 is 32.1. The number of nitrogens with one attached hydrogen (secondary N) is 1. The van der Waals surface area contributed by atoms with Gasteiger partial charge in [-0.25, -0.2) is 4.39 Å². The molecule has 156 valence electrons. The molecule has 0 saturated carbocycles. The zero-order valence-electron chi connectivity index (χ0n) is 17.3. The Hall–Kier alpha value is -3.19. The fourth-order valence-corrected chi connectivity index (χ4v) is 3.35. The molecule has 4 rings (SSSR count). The molecule has 0 atom stereocenters. The molecule has 0 aliphatic carbocycles. The van der Waals surface area contributed by atoms with E-state index in [1.54, 1.807) is 18.2 Å². The lowest BCUT2D eigenvalue weighted by molar-refractivity contribution is 0.100. The van der Waals surface area contributed by atoms with Crippen LogP contribution in [0.1, 0.15) is 24.6 Å². The van der Waals surface area contributed by atoms with Gasteiger partial charge in [-0.1, -0.05) is 6.92 Å². The highest BCUT2D eigenvalue weighted by Gasteiger charge is 2.15. The Balaban J connectivity index is 1.61. The van der Waals surface area contributed by atoms with Crippen LogP contribution < -0.4 is 9.47 Å². The highest BCUT2D eigenvalue weighted by Crippen LogP contribution is 2.35. The predicted molar refractivity (Wildman–Crippen MR) is 114 cm³/mol. The van der Waals surface area contributed by atoms with Gasteiger partial charge < -0.3 is 19.2 Å². The van der Waals surface area contributed by atoms with Crippen molar-refractivity contribution in [3.8, 4) is 17.2 Å². The summed E-state index contributed by atoms with van der Waals surface area (Å²) in [4.78, 5) is 3.12. The van der Waals surface area contributed by atoms with Crippen LogP contribution in [0.2, 0.25) is 0 Å². The van der Waals surface area contributed by atoms with Gasteiger partial charge in [-0.05, 0) is 50.1 Å². The van der Waals surface area contributed by atoms with Gasteiger partial charge in [0.2, 0.25) is 0 Å². The number of rotatable bonds is 8. The Morgan fingerprint density at radius 3 is 2.67 bits per heavy atom. The van der Waals surface area contributed by atoms with E-state index >= 15 is 0 Å². The van der Waals surface area contributed by atoms with Crippen molar-refractivity contribution in [3.63, 3.8) is 0 Å². The van der Waals surface area contributed by atoms with E-state index in [-0.39, 0.29) is 5.75 Å². The van der Waals surface area contributed by atoms with Crippen molar-refractivity contribution >= 4 is 21.8 Å². The summed E-state index contributed by atoms with van der Waals surface area (Å²) in [7, 11) is 0. The van der Waals surface area contributed by atoms with Crippen molar-refractivity contribution in [1.29, 1.82) is 0 Å². The quantitative estimate of drug-likeness (QED) is 0.391. The van der Waals surface area contributed by atoms with E-state index in [0.29, 0.717) is 35.6 Å². The first-order valence-corrected chi connectivity index (χ1v) is 9.99. The summed E-state index contributed by atoms with van der Waals surface area (Å²) in [5, 5.41) is 9.42. The molecular formula is C23H24FN3O3. The van der Waals surface area contributed by atoms with Gasteiger partial charge in [0, 0.05) is 34.7 Å². The second kappa shape index (κ2) is 8.67. The van der Waals surface area contributed by atoms with E-state index < -0.39 is 5.82 Å². The van der Waals surface area contributed by atoms with Gasteiger partial charge >= 0.3 is 0 Å². The molecule has 0 unspecified atom stereocenters. The number of aromatic nitrogens is 3. The Morgan fingerprint density at radius 2 is 1.83 bits per heavy atom. The van der Waals surface area contributed by atoms with E-state index in [0.717, 1.165) is 35.2 Å². The summed E-state index contributed by atoms with van der Waals surface area (Å²) in [6.45, 7) is 7.60. The van der Waals surface area contributed by atoms with E-state index in [1.807, 2.05) is 26.0 Å². The number of ether oxygens (including phenoxy) is 3. The average molecular weight is 409 g/mol. The Bertz CT molecular complexity index is 1190. The minimum Gasteiger partial charge on any atom is -0.491 e. The highest BCUT2D eigenvalue weighted by atomic mass is 19.1. The molecule has 0 spiro atoms. The van der Waals surface area contributed by atoms with Crippen LogP contribution >= 0.6 is 0 Å². The summed E-state index contributed by atoms with van der Waals surface area (Å²) >= 11 is 0. The number of hydrogen-bond acceptors (Lipinski definition) is 5. The second-order valence-electron chi connectivity index (χ2n) is 7.20. The minimum absolute atomic E-state index is 0.141. The van der Waals surface area contributed by atoms with Gasteiger partial charge in [-0.2, -0.15) is 10.2 Å². The molecule has 1 N–H and O–H groups in total. The normalized spacial score (nSPS) is 11.3. The zero-order valence-corrected chi connectivity index (χ0v) is 17.3. The van der Waals surface area contributed by atoms with Crippen LogP contribution in [-0.4, -0.2) is 35.0 Å². The Labute approximate surface area is 174 Å². The van der Waals surface area contributed by atoms with E-state index in [2.05, 4.69) is 22.1 Å². The third-order valence-electron chi connectivity index (χ3n) is 4.79. The summed E-state index contributed by atoms with van der Waals surface area (Å²) in [6.07, 6.45) is 2.47. The highest BCUT2D eigenvalue weighted by molar-refractivity contribution is 5.87. The predicted octanol–water partition coefficient (Wildman–Crippen LogP) is 5.46. The molecule has 0 saturated heterocycles. The van der Waals surface area contributed by atoms with Crippen molar-refractivity contribution in [2.75, 3.05) is 19.8 Å². The maximum absolute atomic E-state index is 14.9. The molecule has 2 aromatic carbocycles. The number of hydrogen-bond donors (Lipinski definition) is 1. The fraction of sp³-hybridized carbons (Fsp3) is 0.304. The van der Waals surface area contributed by atoms with Crippen molar-refractivity contribution in [2.45, 2.75) is 27.2 Å². The number of fused-ring (bicyclic) bond motifs is 2. The molecule has 2 aromatic heterocycles. The first-order chi connectivity index (χ1) is 14.6. The molecule has 0 fully saturated rings. The molecule has 0 aliphatic rings. The maximum Gasteiger partial charge on any atom is 0.175 e. The van der Waals surface area contributed by atoms with E-state index in [9.17, 15) is 4.39 Å². The lowest BCUT2D eigenvalue weighted by Gasteiger charge is -2.13. The van der Waals surface area contributed by atoms with Crippen LogP contribution in [-0.2, 0) is 4.74 Å². The van der Waals surface area contributed by atoms with Crippen molar-refractivity contribution < 1.29 is 18.6 Å². The van der Waals surface area contributed by atoms with Gasteiger partial charge in [-0.3, -0.25) is 0 Å². The largest absolute Gasteiger partial charge is 0.491 e. The van der Waals surface area contributed by atoms with Crippen LogP contribution in [0.25, 0.3) is 21.8 Å². The fourth-order valence-electron chi connectivity index (χ4n) is 3.35. The van der Waals surface area contributed by atoms with Crippen LogP contribution in [0.4, 0.5) is 4.39 Å². The van der Waals surface area contributed by atoms with Crippen LogP contribution in [0, 0.1) is 19.7 Å². The Morgan fingerprint density at radius 1 is 0.967 bits per heavy atom. The van der Waals surface area contributed by atoms with E-state index in [1.165, 1.54) is 6.20 Å². The van der Waals surface area contributed by atoms with Crippen molar-refractivity contribution in [3.05, 3.63) is 53.6 Å². The average Bonchev–Trinajstić information content (AvgIpc) is 3.12. The van der Waals surface area contributed by atoms with Gasteiger partial charge in [0.25, 0.3) is 0 Å². The molecular weight excluding hydrogens is 385 g/mol. The maximum atomic E-state index is 14.9. The summed E-state index contributed by atoms with van der Waals surface area (Å²) in [5.41, 5.74) is 3.16. The monoisotopic (exact) mass is 409 g/mol. The summed E-state index contributed by atoms with van der Waals surface area (Å²) in [5.74, 6) is 0.878. The Kier molecular flexibility index (Phi) is 5.81. The number of halogens is 1. The molecule has 0 aliphatic heterocycles. The van der Waals surface area contributed by atoms with Gasteiger partial charge in [0.1, 0.15) is 17.9 Å². The number of nitrogens with zero attached hydrogens (tertiary/aromatic N) is 2. The molecule has 30 heavy (non-hydrogen) atoms. The first-order valence-electron chi connectivity index (χ1n) is 9.99. The molecule has 0 amide bonds. The van der Waals surface area contributed by atoms with Gasteiger partial charge in [0.15, 0.2) is 17.3 Å². The molecule has 0 bridgehead atoms. The standard InChI is InChI=1S/C23H24FN3O3/c1-4-7-28-8-9-29-21-12-19-16(10-14(21)2)22(13-25-27-19)30-20-6-5-18-17(23(20)24)11-15(3)26-18/h5-6,10-13,26H,4,7-9H2,1-3H3. The lowest BCUT2D eigenvalue weighted by Crippen LogP contribution is -2.08. The molecule has 2 heterocycles. The number of benzene rings is 2. The van der Waals surface area contributed by atoms with Crippen LogP contribution in [0.15, 0.2) is 36.5 Å². The molecule has 4 aromatic rings. The molecule has 6 nitrogen and oxygen atoms in total.